The maximum atomic E-state index is 12.3. The Labute approximate surface area is 118 Å². The zero-order valence-electron chi connectivity index (χ0n) is 10.5. The van der Waals surface area contributed by atoms with E-state index in [1.54, 1.807) is 0 Å². The van der Waals surface area contributed by atoms with Crippen LogP contribution in [0.25, 0.3) is 0 Å². The zero-order chi connectivity index (χ0) is 13.0. The number of nitrogens with zero attached hydrogens (tertiary/aromatic N) is 1. The summed E-state index contributed by atoms with van der Waals surface area (Å²) in [6.45, 7) is 1.91. The molecule has 2 rings (SSSR count). The summed E-state index contributed by atoms with van der Waals surface area (Å²) in [5.74, 6) is 0.412. The van der Waals surface area contributed by atoms with Gasteiger partial charge in [-0.15, -0.1) is 0 Å². The van der Waals surface area contributed by atoms with E-state index in [2.05, 4.69) is 20.7 Å². The maximum Gasteiger partial charge on any atom is 0.279 e. The van der Waals surface area contributed by atoms with Crippen LogP contribution in [0, 0.1) is 5.92 Å². The molecule has 0 radical (unpaired) electrons. The third-order valence-corrected chi connectivity index (χ3v) is 6.19. The average Bonchev–Trinajstić information content (AvgIpc) is 2.40. The molecular formula is C11H21BrN2O3S. The number of nitrogens with one attached hydrogen (secondary N) is 1. The molecule has 2 unspecified atom stereocenters. The van der Waals surface area contributed by atoms with E-state index in [9.17, 15) is 8.42 Å². The van der Waals surface area contributed by atoms with Gasteiger partial charge in [0.2, 0.25) is 0 Å². The molecule has 7 heteroatoms. The standard InChI is InChI=1S/C11H21BrN2O3S/c12-9-10-3-1-2-4-11(10)13-18(15,16)14-5-7-17-8-6-14/h10-11,13H,1-9H2. The highest BCUT2D eigenvalue weighted by Crippen LogP contribution is 2.26. The molecule has 1 saturated heterocycles. The number of hydrogen-bond acceptors (Lipinski definition) is 3. The molecule has 106 valence electrons. The van der Waals surface area contributed by atoms with Crippen molar-refractivity contribution in [2.75, 3.05) is 31.6 Å². The van der Waals surface area contributed by atoms with Gasteiger partial charge >= 0.3 is 0 Å². The Kier molecular flexibility index (Phi) is 5.44. The molecular weight excluding hydrogens is 320 g/mol. The van der Waals surface area contributed by atoms with Crippen LogP contribution in [-0.2, 0) is 14.9 Å². The number of hydrogen-bond donors (Lipinski definition) is 1. The summed E-state index contributed by atoms with van der Waals surface area (Å²) in [5.41, 5.74) is 0. The molecule has 0 spiro atoms. The van der Waals surface area contributed by atoms with Crippen LogP contribution < -0.4 is 4.72 Å². The monoisotopic (exact) mass is 340 g/mol. The Morgan fingerprint density at radius 1 is 1.22 bits per heavy atom. The van der Waals surface area contributed by atoms with Crippen LogP contribution >= 0.6 is 15.9 Å². The largest absolute Gasteiger partial charge is 0.379 e. The van der Waals surface area contributed by atoms with E-state index in [0.717, 1.165) is 24.6 Å². The third kappa shape index (κ3) is 3.66. The van der Waals surface area contributed by atoms with Crippen molar-refractivity contribution in [3.63, 3.8) is 0 Å². The fraction of sp³-hybridized carbons (Fsp3) is 1.00. The van der Waals surface area contributed by atoms with E-state index in [1.807, 2.05) is 0 Å². The fourth-order valence-electron chi connectivity index (χ4n) is 2.60. The van der Waals surface area contributed by atoms with Crippen LogP contribution in [0.15, 0.2) is 0 Å². The van der Waals surface area contributed by atoms with Crippen molar-refractivity contribution < 1.29 is 13.2 Å². The molecule has 0 aromatic carbocycles. The third-order valence-electron chi connectivity index (χ3n) is 3.72. The first-order valence-corrected chi connectivity index (χ1v) is 9.11. The van der Waals surface area contributed by atoms with Gasteiger partial charge in [-0.2, -0.15) is 17.4 Å². The Balaban J connectivity index is 1.97. The van der Waals surface area contributed by atoms with Gasteiger partial charge < -0.3 is 4.74 Å². The summed E-state index contributed by atoms with van der Waals surface area (Å²) in [5, 5.41) is 0.864. The van der Waals surface area contributed by atoms with Gasteiger partial charge in [-0.25, -0.2) is 0 Å². The van der Waals surface area contributed by atoms with Crippen molar-refractivity contribution in [3.8, 4) is 0 Å². The summed E-state index contributed by atoms with van der Waals surface area (Å²) in [4.78, 5) is 0. The van der Waals surface area contributed by atoms with Crippen molar-refractivity contribution >= 4 is 26.1 Å². The summed E-state index contributed by atoms with van der Waals surface area (Å²) in [6.07, 6.45) is 4.35. The van der Waals surface area contributed by atoms with Crippen molar-refractivity contribution in [1.29, 1.82) is 0 Å². The van der Waals surface area contributed by atoms with E-state index in [1.165, 1.54) is 10.7 Å². The maximum absolute atomic E-state index is 12.3. The van der Waals surface area contributed by atoms with Gasteiger partial charge in [0.25, 0.3) is 10.2 Å². The normalized spacial score (nSPS) is 31.4. The fourth-order valence-corrected chi connectivity index (χ4v) is 4.85. The van der Waals surface area contributed by atoms with E-state index < -0.39 is 10.2 Å². The Bertz CT molecular complexity index is 357. The lowest BCUT2D eigenvalue weighted by atomic mass is 9.87. The Hall–Kier alpha value is 0.310. The highest BCUT2D eigenvalue weighted by atomic mass is 79.9. The van der Waals surface area contributed by atoms with Gasteiger partial charge in [-0.05, 0) is 18.8 Å². The van der Waals surface area contributed by atoms with Crippen LogP contribution in [0.5, 0.6) is 0 Å². The first kappa shape index (κ1) is 14.7. The smallest absolute Gasteiger partial charge is 0.279 e. The first-order valence-electron chi connectivity index (χ1n) is 6.54. The molecule has 0 aromatic rings. The second kappa shape index (κ2) is 6.65. The highest BCUT2D eigenvalue weighted by molar-refractivity contribution is 9.09. The molecule has 0 bridgehead atoms. The molecule has 1 saturated carbocycles. The summed E-state index contributed by atoms with van der Waals surface area (Å²) >= 11 is 3.49. The Morgan fingerprint density at radius 3 is 2.56 bits per heavy atom. The average molecular weight is 341 g/mol. The molecule has 0 amide bonds. The van der Waals surface area contributed by atoms with E-state index in [-0.39, 0.29) is 6.04 Å². The van der Waals surface area contributed by atoms with Crippen molar-refractivity contribution in [2.45, 2.75) is 31.7 Å². The van der Waals surface area contributed by atoms with Crippen LogP contribution in [0.1, 0.15) is 25.7 Å². The molecule has 0 aromatic heterocycles. The lowest BCUT2D eigenvalue weighted by Crippen LogP contribution is -2.52. The van der Waals surface area contributed by atoms with Crippen molar-refractivity contribution in [1.82, 2.24) is 9.03 Å². The molecule has 1 heterocycles. The lowest BCUT2D eigenvalue weighted by Gasteiger charge is -2.34. The molecule has 1 aliphatic heterocycles. The van der Waals surface area contributed by atoms with Crippen molar-refractivity contribution in [3.05, 3.63) is 0 Å². The van der Waals surface area contributed by atoms with Gasteiger partial charge in [-0.1, -0.05) is 28.8 Å². The predicted octanol–water partition coefficient (Wildman–Crippen LogP) is 1.11. The topological polar surface area (TPSA) is 58.6 Å². The predicted molar refractivity (Wildman–Crippen MR) is 74.0 cm³/mol. The molecule has 1 N–H and O–H groups in total. The van der Waals surface area contributed by atoms with Gasteiger partial charge in [0.15, 0.2) is 0 Å². The first-order chi connectivity index (χ1) is 8.63. The highest BCUT2D eigenvalue weighted by Gasteiger charge is 2.31. The number of alkyl halides is 1. The molecule has 2 fully saturated rings. The van der Waals surface area contributed by atoms with Gasteiger partial charge in [-0.3, -0.25) is 0 Å². The SMILES string of the molecule is O=S(=O)(NC1CCCCC1CBr)N1CCOCC1. The van der Waals surface area contributed by atoms with Crippen LogP contribution in [0.3, 0.4) is 0 Å². The van der Waals surface area contributed by atoms with Gasteiger partial charge in [0.1, 0.15) is 0 Å². The summed E-state index contributed by atoms with van der Waals surface area (Å²) < 4.78 is 34.1. The van der Waals surface area contributed by atoms with Crippen molar-refractivity contribution in [2.24, 2.45) is 5.92 Å². The van der Waals surface area contributed by atoms with Crippen LogP contribution in [0.4, 0.5) is 0 Å². The minimum atomic E-state index is -3.34. The van der Waals surface area contributed by atoms with Crippen LogP contribution in [0.2, 0.25) is 0 Å². The minimum Gasteiger partial charge on any atom is -0.379 e. The number of ether oxygens (including phenoxy) is 1. The lowest BCUT2D eigenvalue weighted by molar-refractivity contribution is 0.0720. The number of halogens is 1. The van der Waals surface area contributed by atoms with E-state index in [4.69, 9.17) is 4.74 Å². The van der Waals surface area contributed by atoms with Gasteiger partial charge in [0.05, 0.1) is 13.2 Å². The second-order valence-electron chi connectivity index (χ2n) is 4.94. The summed E-state index contributed by atoms with van der Waals surface area (Å²) in [6, 6.07) is 0.0750. The minimum absolute atomic E-state index is 0.0750. The molecule has 2 aliphatic rings. The quantitative estimate of drug-likeness (QED) is 0.780. The summed E-state index contributed by atoms with van der Waals surface area (Å²) in [7, 11) is -3.34. The van der Waals surface area contributed by atoms with Gasteiger partial charge in [0, 0.05) is 24.5 Å². The molecule has 1 aliphatic carbocycles. The number of morpholine rings is 1. The Morgan fingerprint density at radius 2 is 1.89 bits per heavy atom. The van der Waals surface area contributed by atoms with Crippen LogP contribution in [-0.4, -0.2) is 50.4 Å². The molecule has 2 atom stereocenters. The van der Waals surface area contributed by atoms with E-state index >= 15 is 0 Å². The molecule has 5 nitrogen and oxygen atoms in total. The molecule has 18 heavy (non-hydrogen) atoms. The van der Waals surface area contributed by atoms with E-state index in [0.29, 0.717) is 32.2 Å². The number of rotatable bonds is 4. The second-order valence-corrected chi connectivity index (χ2v) is 7.29. The zero-order valence-corrected chi connectivity index (χ0v) is 12.9.